The van der Waals surface area contributed by atoms with Crippen LogP contribution in [0.3, 0.4) is 0 Å². The van der Waals surface area contributed by atoms with Crippen LogP contribution in [0.15, 0.2) is 110 Å². The Morgan fingerprint density at radius 3 is 1.96 bits per heavy atom. The molecule has 4 aromatic rings. The average Bonchev–Trinajstić information content (AvgIpc) is 3.10. The number of amides is 3. The summed E-state index contributed by atoms with van der Waals surface area (Å²) in [7, 11) is 0. The third-order valence-corrected chi connectivity index (χ3v) is 7.66. The van der Waals surface area contributed by atoms with Gasteiger partial charge < -0.3 is 30.5 Å². The summed E-state index contributed by atoms with van der Waals surface area (Å²) in [6.45, 7) is 3.62. The zero-order valence-corrected chi connectivity index (χ0v) is 27.2. The average molecular weight is 654 g/mol. The van der Waals surface area contributed by atoms with Crippen LogP contribution in [-0.2, 0) is 40.3 Å². The Morgan fingerprint density at radius 2 is 1.33 bits per heavy atom. The Kier molecular flexibility index (Phi) is 13.9. The molecule has 0 radical (unpaired) electrons. The molecule has 0 aliphatic heterocycles. The van der Waals surface area contributed by atoms with E-state index < -0.39 is 42.3 Å². The van der Waals surface area contributed by atoms with Crippen molar-refractivity contribution in [3.63, 3.8) is 0 Å². The summed E-state index contributed by atoms with van der Waals surface area (Å²) >= 11 is 0. The molecule has 48 heavy (non-hydrogen) atoms. The molecular formula is C37H43N5O6. The highest BCUT2D eigenvalue weighted by atomic mass is 16.6. The van der Waals surface area contributed by atoms with E-state index in [-0.39, 0.29) is 25.6 Å². The minimum absolute atomic E-state index is 0.0222. The highest BCUT2D eigenvalue weighted by Crippen LogP contribution is 2.16. The van der Waals surface area contributed by atoms with Gasteiger partial charge in [0.15, 0.2) is 0 Å². The lowest BCUT2D eigenvalue weighted by molar-refractivity contribution is -0.125. The van der Waals surface area contributed by atoms with Gasteiger partial charge in [0, 0.05) is 30.2 Å². The van der Waals surface area contributed by atoms with E-state index in [1.165, 1.54) is 0 Å². The van der Waals surface area contributed by atoms with E-state index in [0.717, 1.165) is 16.7 Å². The van der Waals surface area contributed by atoms with Crippen molar-refractivity contribution in [1.82, 2.24) is 25.9 Å². The summed E-state index contributed by atoms with van der Waals surface area (Å²) in [6.07, 6.45) is 3.19. The summed E-state index contributed by atoms with van der Waals surface area (Å²) in [5.41, 5.74) is 3.16. The first kappa shape index (κ1) is 35.6. The molecule has 0 unspecified atom stereocenters. The minimum Gasteiger partial charge on any atom is -0.445 e. The third kappa shape index (κ3) is 12.1. The number of carbonyl (C=O) groups is 3. The van der Waals surface area contributed by atoms with Gasteiger partial charge in [0.1, 0.15) is 19.3 Å². The lowest BCUT2D eigenvalue weighted by atomic mass is 9.93. The Bertz CT molecular complexity index is 1540. The Hall–Kier alpha value is -5.29. The molecule has 0 bridgehead atoms. The molecule has 2 aromatic heterocycles. The lowest BCUT2D eigenvalue weighted by Gasteiger charge is -2.30. The predicted molar refractivity (Wildman–Crippen MR) is 180 cm³/mol. The number of hydrogen-bond acceptors (Lipinski definition) is 8. The molecule has 2 aromatic carbocycles. The van der Waals surface area contributed by atoms with E-state index >= 15 is 0 Å². The highest BCUT2D eigenvalue weighted by molar-refractivity contribution is 5.86. The molecule has 252 valence electrons. The number of rotatable bonds is 16. The molecule has 0 aliphatic rings. The van der Waals surface area contributed by atoms with Crippen molar-refractivity contribution in [3.8, 4) is 0 Å². The number of pyridine rings is 2. The SMILES string of the molecule is CC(C)[C@H](NC(=O)OCc1ccccn1)C(=O)N[C@H](Cc1ccccc1)C[C@H](O)[C@H](Cc1ccccc1)NC(=O)OCc1cccnc1. The standard InChI is InChI=1S/C37H43N5O6/c1-26(2)34(42-37(46)48-25-30-17-9-10-19-39-30)35(44)40-31(20-27-12-5-3-6-13-27)22-33(43)32(21-28-14-7-4-8-15-28)41-36(45)47-24-29-16-11-18-38-23-29/h3-19,23,26,31-34,43H,20-22,24-25H2,1-2H3,(H,40,44)(H,41,45)(H,42,46)/t31-,32+,33+,34+/m1/s1. The number of nitrogens with one attached hydrogen (secondary N) is 3. The predicted octanol–water partition coefficient (Wildman–Crippen LogP) is 4.74. The maximum atomic E-state index is 13.7. The molecule has 4 rings (SSSR count). The minimum atomic E-state index is -1.07. The van der Waals surface area contributed by atoms with Crippen molar-refractivity contribution >= 4 is 18.1 Å². The Labute approximate surface area is 281 Å². The van der Waals surface area contributed by atoms with Gasteiger partial charge in [-0.2, -0.15) is 0 Å². The second-order valence-corrected chi connectivity index (χ2v) is 11.8. The number of hydrogen-bond donors (Lipinski definition) is 4. The van der Waals surface area contributed by atoms with Crippen LogP contribution in [0, 0.1) is 5.92 Å². The largest absolute Gasteiger partial charge is 0.445 e. The number of benzene rings is 2. The Balaban J connectivity index is 1.46. The van der Waals surface area contributed by atoms with Crippen LogP contribution in [-0.4, -0.2) is 57.4 Å². The fraction of sp³-hybridized carbons (Fsp3) is 0.324. The molecular weight excluding hydrogens is 610 g/mol. The highest BCUT2D eigenvalue weighted by Gasteiger charge is 2.30. The third-order valence-electron chi connectivity index (χ3n) is 7.66. The number of carbonyl (C=O) groups excluding carboxylic acids is 3. The lowest BCUT2D eigenvalue weighted by Crippen LogP contribution is -2.54. The van der Waals surface area contributed by atoms with Crippen LogP contribution < -0.4 is 16.0 Å². The van der Waals surface area contributed by atoms with Gasteiger partial charge in [-0.05, 0) is 54.5 Å². The van der Waals surface area contributed by atoms with Gasteiger partial charge in [-0.15, -0.1) is 0 Å². The van der Waals surface area contributed by atoms with Crippen molar-refractivity contribution in [2.24, 2.45) is 5.92 Å². The van der Waals surface area contributed by atoms with Gasteiger partial charge in [0.05, 0.1) is 17.8 Å². The van der Waals surface area contributed by atoms with Crippen LogP contribution in [0.2, 0.25) is 0 Å². The normalized spacial score (nSPS) is 13.4. The van der Waals surface area contributed by atoms with Gasteiger partial charge in [-0.3, -0.25) is 14.8 Å². The quantitative estimate of drug-likeness (QED) is 0.135. The van der Waals surface area contributed by atoms with E-state index in [2.05, 4.69) is 25.9 Å². The first-order chi connectivity index (χ1) is 23.3. The molecule has 4 atom stereocenters. The smallest absolute Gasteiger partial charge is 0.408 e. The van der Waals surface area contributed by atoms with Crippen molar-refractivity contribution in [1.29, 1.82) is 0 Å². The van der Waals surface area contributed by atoms with E-state index in [9.17, 15) is 19.5 Å². The van der Waals surface area contributed by atoms with Crippen molar-refractivity contribution < 1.29 is 29.0 Å². The molecule has 0 saturated heterocycles. The second kappa shape index (κ2) is 18.8. The molecule has 0 aliphatic carbocycles. The number of ether oxygens (including phenoxy) is 2. The fourth-order valence-electron chi connectivity index (χ4n) is 5.14. The van der Waals surface area contributed by atoms with E-state index in [0.29, 0.717) is 18.5 Å². The zero-order valence-electron chi connectivity index (χ0n) is 27.2. The summed E-state index contributed by atoms with van der Waals surface area (Å²) in [5.74, 6) is -0.687. The van der Waals surface area contributed by atoms with Gasteiger partial charge >= 0.3 is 12.2 Å². The second-order valence-electron chi connectivity index (χ2n) is 11.8. The number of nitrogens with zero attached hydrogens (tertiary/aromatic N) is 2. The zero-order chi connectivity index (χ0) is 34.1. The summed E-state index contributed by atoms with van der Waals surface area (Å²) < 4.78 is 10.7. The molecule has 11 nitrogen and oxygen atoms in total. The molecule has 11 heteroatoms. The van der Waals surface area contributed by atoms with E-state index in [1.54, 1.807) is 48.9 Å². The number of aromatic nitrogens is 2. The molecule has 3 amide bonds. The maximum Gasteiger partial charge on any atom is 0.408 e. The molecule has 0 spiro atoms. The van der Waals surface area contributed by atoms with Crippen LogP contribution in [0.4, 0.5) is 9.59 Å². The topological polar surface area (TPSA) is 152 Å². The monoisotopic (exact) mass is 653 g/mol. The van der Waals surface area contributed by atoms with Crippen molar-refractivity contribution in [2.75, 3.05) is 0 Å². The van der Waals surface area contributed by atoms with Crippen LogP contribution in [0.5, 0.6) is 0 Å². The molecule has 4 N–H and O–H groups in total. The van der Waals surface area contributed by atoms with Gasteiger partial charge in [0.25, 0.3) is 0 Å². The summed E-state index contributed by atoms with van der Waals surface area (Å²) in [4.78, 5) is 47.4. The van der Waals surface area contributed by atoms with Crippen LogP contribution >= 0.6 is 0 Å². The van der Waals surface area contributed by atoms with Crippen LogP contribution in [0.25, 0.3) is 0 Å². The summed E-state index contributed by atoms with van der Waals surface area (Å²) in [6, 6.07) is 25.7. The first-order valence-corrected chi connectivity index (χ1v) is 16.0. The van der Waals surface area contributed by atoms with Crippen molar-refractivity contribution in [2.45, 2.75) is 70.6 Å². The first-order valence-electron chi connectivity index (χ1n) is 16.0. The number of aliphatic hydroxyl groups is 1. The van der Waals surface area contributed by atoms with E-state index in [4.69, 9.17) is 9.47 Å². The van der Waals surface area contributed by atoms with Crippen LogP contribution in [0.1, 0.15) is 42.7 Å². The van der Waals surface area contributed by atoms with Gasteiger partial charge in [-0.25, -0.2) is 9.59 Å². The molecule has 0 saturated carbocycles. The molecule has 2 heterocycles. The van der Waals surface area contributed by atoms with Gasteiger partial charge in [-0.1, -0.05) is 86.6 Å². The fourth-order valence-corrected chi connectivity index (χ4v) is 5.14. The van der Waals surface area contributed by atoms with E-state index in [1.807, 2.05) is 74.5 Å². The molecule has 0 fully saturated rings. The van der Waals surface area contributed by atoms with Crippen molar-refractivity contribution in [3.05, 3.63) is 132 Å². The summed E-state index contributed by atoms with van der Waals surface area (Å²) in [5, 5.41) is 20.2. The Morgan fingerprint density at radius 1 is 0.708 bits per heavy atom. The number of alkyl carbamates (subject to hydrolysis) is 2. The maximum absolute atomic E-state index is 13.7. The number of aliphatic hydroxyl groups excluding tert-OH is 1. The van der Waals surface area contributed by atoms with Gasteiger partial charge in [0.2, 0.25) is 5.91 Å².